The summed E-state index contributed by atoms with van der Waals surface area (Å²) in [5.74, 6) is -0.162. The van der Waals surface area contributed by atoms with Crippen molar-refractivity contribution in [3.05, 3.63) is 64.2 Å². The summed E-state index contributed by atoms with van der Waals surface area (Å²) in [6.07, 6.45) is 0. The quantitative estimate of drug-likeness (QED) is 0.845. The Hall–Kier alpha value is -2.00. The molecule has 19 heavy (non-hydrogen) atoms. The number of benzene rings is 2. The first kappa shape index (κ1) is 13.4. The molecule has 2 aromatic rings. The van der Waals surface area contributed by atoms with E-state index in [9.17, 15) is 4.79 Å². The van der Waals surface area contributed by atoms with E-state index in [-0.39, 0.29) is 5.91 Å². The molecule has 3 N–H and O–H groups in total. The van der Waals surface area contributed by atoms with Crippen molar-refractivity contribution in [2.24, 2.45) is 0 Å². The van der Waals surface area contributed by atoms with Crippen LogP contribution in [0.2, 0.25) is 5.02 Å². The lowest BCUT2D eigenvalue weighted by Gasteiger charge is -2.07. The van der Waals surface area contributed by atoms with Gasteiger partial charge in [-0.1, -0.05) is 41.4 Å². The van der Waals surface area contributed by atoms with Crippen LogP contribution in [0, 0.1) is 6.92 Å². The molecule has 0 saturated carbocycles. The molecule has 3 nitrogen and oxygen atoms in total. The minimum Gasteiger partial charge on any atom is -0.398 e. The highest BCUT2D eigenvalue weighted by Crippen LogP contribution is 2.19. The standard InChI is InChI=1S/C15H15ClN2O/c1-10-3-2-4-11(7-10)9-18-15(19)12-5-6-13(16)14(17)8-12/h2-8H,9,17H2,1H3,(H,18,19). The Kier molecular flexibility index (Phi) is 4.07. The molecular weight excluding hydrogens is 260 g/mol. The molecule has 0 radical (unpaired) electrons. The number of nitrogen functional groups attached to an aromatic ring is 1. The fourth-order valence-corrected chi connectivity index (χ4v) is 1.91. The first-order valence-corrected chi connectivity index (χ1v) is 6.33. The summed E-state index contributed by atoms with van der Waals surface area (Å²) in [7, 11) is 0. The maximum absolute atomic E-state index is 12.0. The van der Waals surface area contributed by atoms with Gasteiger partial charge in [-0.3, -0.25) is 4.79 Å². The lowest BCUT2D eigenvalue weighted by Crippen LogP contribution is -2.22. The van der Waals surface area contributed by atoms with Gasteiger partial charge in [0.1, 0.15) is 0 Å². The number of hydrogen-bond acceptors (Lipinski definition) is 2. The first-order chi connectivity index (χ1) is 9.06. The van der Waals surface area contributed by atoms with Gasteiger partial charge in [-0.15, -0.1) is 0 Å². The Morgan fingerprint density at radius 3 is 2.74 bits per heavy atom. The number of halogens is 1. The van der Waals surface area contributed by atoms with E-state index in [1.807, 2.05) is 31.2 Å². The number of amides is 1. The highest BCUT2D eigenvalue weighted by Gasteiger charge is 2.07. The molecule has 1 amide bonds. The number of carbonyl (C=O) groups excluding carboxylic acids is 1. The number of carbonyl (C=O) groups is 1. The number of nitrogens with two attached hydrogens (primary N) is 1. The monoisotopic (exact) mass is 274 g/mol. The van der Waals surface area contributed by atoms with Gasteiger partial charge in [0.25, 0.3) is 5.91 Å². The van der Waals surface area contributed by atoms with Gasteiger partial charge in [-0.25, -0.2) is 0 Å². The maximum atomic E-state index is 12.0. The molecule has 2 aromatic carbocycles. The molecule has 0 aliphatic heterocycles. The Morgan fingerprint density at radius 2 is 2.05 bits per heavy atom. The molecule has 98 valence electrons. The first-order valence-electron chi connectivity index (χ1n) is 5.95. The third-order valence-corrected chi connectivity index (χ3v) is 3.14. The van der Waals surface area contributed by atoms with E-state index in [1.165, 1.54) is 5.56 Å². The predicted molar refractivity (Wildman–Crippen MR) is 78.2 cm³/mol. The normalized spacial score (nSPS) is 10.2. The second kappa shape index (κ2) is 5.76. The summed E-state index contributed by atoms with van der Waals surface area (Å²) in [6.45, 7) is 2.51. The van der Waals surface area contributed by atoms with Gasteiger partial charge in [0.15, 0.2) is 0 Å². The Bertz CT molecular complexity index is 611. The second-order valence-corrected chi connectivity index (χ2v) is 4.82. The van der Waals surface area contributed by atoms with Crippen molar-refractivity contribution in [3.8, 4) is 0 Å². The average molecular weight is 275 g/mol. The fraction of sp³-hybridized carbons (Fsp3) is 0.133. The van der Waals surface area contributed by atoms with Gasteiger partial charge in [0, 0.05) is 12.1 Å². The SMILES string of the molecule is Cc1cccc(CNC(=O)c2ccc(Cl)c(N)c2)c1. The molecule has 0 saturated heterocycles. The van der Waals surface area contributed by atoms with Crippen molar-refractivity contribution in [2.75, 3.05) is 5.73 Å². The van der Waals surface area contributed by atoms with E-state index in [2.05, 4.69) is 5.32 Å². The molecule has 0 aliphatic rings. The molecule has 2 rings (SSSR count). The van der Waals surface area contributed by atoms with Gasteiger partial charge in [-0.05, 0) is 30.7 Å². The summed E-state index contributed by atoms with van der Waals surface area (Å²) in [6, 6.07) is 12.9. The van der Waals surface area contributed by atoms with Gasteiger partial charge in [-0.2, -0.15) is 0 Å². The van der Waals surface area contributed by atoms with E-state index in [1.54, 1.807) is 18.2 Å². The largest absolute Gasteiger partial charge is 0.398 e. The zero-order valence-electron chi connectivity index (χ0n) is 10.6. The zero-order valence-corrected chi connectivity index (χ0v) is 11.4. The van der Waals surface area contributed by atoms with E-state index in [4.69, 9.17) is 17.3 Å². The molecule has 0 aromatic heterocycles. The molecule has 0 unspecified atom stereocenters. The smallest absolute Gasteiger partial charge is 0.251 e. The minimum atomic E-state index is -0.162. The number of aryl methyl sites for hydroxylation is 1. The summed E-state index contributed by atoms with van der Waals surface area (Å²) >= 11 is 5.82. The Balaban J connectivity index is 2.03. The predicted octanol–water partition coefficient (Wildman–Crippen LogP) is 3.16. The van der Waals surface area contributed by atoms with Crippen molar-refractivity contribution >= 4 is 23.2 Å². The van der Waals surface area contributed by atoms with Crippen molar-refractivity contribution in [1.82, 2.24) is 5.32 Å². The highest BCUT2D eigenvalue weighted by atomic mass is 35.5. The number of rotatable bonds is 3. The van der Waals surface area contributed by atoms with E-state index in [0.29, 0.717) is 22.8 Å². The van der Waals surface area contributed by atoms with E-state index < -0.39 is 0 Å². The van der Waals surface area contributed by atoms with E-state index in [0.717, 1.165) is 5.56 Å². The molecular formula is C15H15ClN2O. The molecule has 0 heterocycles. The lowest BCUT2D eigenvalue weighted by atomic mass is 10.1. The van der Waals surface area contributed by atoms with Crippen LogP contribution in [0.4, 0.5) is 5.69 Å². The van der Waals surface area contributed by atoms with Gasteiger partial charge in [0.05, 0.1) is 10.7 Å². The third kappa shape index (κ3) is 3.48. The number of anilines is 1. The van der Waals surface area contributed by atoms with Crippen molar-refractivity contribution in [2.45, 2.75) is 13.5 Å². The Labute approximate surface area is 117 Å². The molecule has 0 spiro atoms. The average Bonchev–Trinajstić information content (AvgIpc) is 2.39. The van der Waals surface area contributed by atoms with Crippen LogP contribution in [0.1, 0.15) is 21.5 Å². The second-order valence-electron chi connectivity index (χ2n) is 4.41. The van der Waals surface area contributed by atoms with Crippen LogP contribution in [-0.4, -0.2) is 5.91 Å². The summed E-state index contributed by atoms with van der Waals surface area (Å²) in [4.78, 5) is 12.0. The third-order valence-electron chi connectivity index (χ3n) is 2.79. The molecule has 0 fully saturated rings. The molecule has 0 atom stereocenters. The fourth-order valence-electron chi connectivity index (χ4n) is 1.79. The summed E-state index contributed by atoms with van der Waals surface area (Å²) < 4.78 is 0. The number of nitrogens with one attached hydrogen (secondary N) is 1. The van der Waals surface area contributed by atoms with Crippen LogP contribution in [0.25, 0.3) is 0 Å². The molecule has 4 heteroatoms. The van der Waals surface area contributed by atoms with E-state index >= 15 is 0 Å². The topological polar surface area (TPSA) is 55.1 Å². The van der Waals surface area contributed by atoms with Crippen LogP contribution in [0.15, 0.2) is 42.5 Å². The van der Waals surface area contributed by atoms with Crippen molar-refractivity contribution < 1.29 is 4.79 Å². The highest BCUT2D eigenvalue weighted by molar-refractivity contribution is 6.33. The minimum absolute atomic E-state index is 0.162. The van der Waals surface area contributed by atoms with Crippen LogP contribution in [0.5, 0.6) is 0 Å². The van der Waals surface area contributed by atoms with Crippen LogP contribution < -0.4 is 11.1 Å². The lowest BCUT2D eigenvalue weighted by molar-refractivity contribution is 0.0951. The van der Waals surface area contributed by atoms with Gasteiger partial charge in [0.2, 0.25) is 0 Å². The number of hydrogen-bond donors (Lipinski definition) is 2. The van der Waals surface area contributed by atoms with Crippen molar-refractivity contribution in [3.63, 3.8) is 0 Å². The molecule has 0 bridgehead atoms. The summed E-state index contributed by atoms with van der Waals surface area (Å²) in [5, 5.41) is 3.31. The Morgan fingerprint density at radius 1 is 1.26 bits per heavy atom. The molecule has 0 aliphatic carbocycles. The zero-order chi connectivity index (χ0) is 13.8. The summed E-state index contributed by atoms with van der Waals surface area (Å²) in [5.41, 5.74) is 8.82. The van der Waals surface area contributed by atoms with Crippen LogP contribution >= 0.6 is 11.6 Å². The van der Waals surface area contributed by atoms with Gasteiger partial charge < -0.3 is 11.1 Å². The van der Waals surface area contributed by atoms with Crippen LogP contribution in [0.3, 0.4) is 0 Å². The van der Waals surface area contributed by atoms with Gasteiger partial charge >= 0.3 is 0 Å². The van der Waals surface area contributed by atoms with Crippen molar-refractivity contribution in [1.29, 1.82) is 0 Å². The van der Waals surface area contributed by atoms with Crippen LogP contribution in [-0.2, 0) is 6.54 Å². The maximum Gasteiger partial charge on any atom is 0.251 e.